The van der Waals surface area contributed by atoms with E-state index in [-0.39, 0.29) is 0 Å². The van der Waals surface area contributed by atoms with E-state index < -0.39 is 0 Å². The second-order valence-electron chi connectivity index (χ2n) is 4.13. The van der Waals surface area contributed by atoms with Crippen LogP contribution in [0.2, 0.25) is 0 Å². The van der Waals surface area contributed by atoms with Gasteiger partial charge in [-0.05, 0) is 25.5 Å². The van der Waals surface area contributed by atoms with Gasteiger partial charge in [0.05, 0.1) is 12.7 Å². The average Bonchev–Trinajstić information content (AvgIpc) is 2.87. The molecule has 1 aromatic rings. The number of nitrogens with zero attached hydrogens (tertiary/aromatic N) is 1. The van der Waals surface area contributed by atoms with Crippen LogP contribution in [0.3, 0.4) is 0 Å². The molecular weight excluding hydrogens is 174 g/mol. The summed E-state index contributed by atoms with van der Waals surface area (Å²) in [5, 5.41) is 0. The van der Waals surface area contributed by atoms with Gasteiger partial charge in [0.15, 0.2) is 0 Å². The number of hydrogen-bond acceptors (Lipinski definition) is 2. The minimum absolute atomic E-state index is 0.459. The molecule has 1 aliphatic heterocycles. The quantitative estimate of drug-likeness (QED) is 0.680. The smallest absolute Gasteiger partial charge is 0.0984 e. The van der Waals surface area contributed by atoms with Crippen LogP contribution in [0.25, 0.3) is 0 Å². The third-order valence-electron chi connectivity index (χ3n) is 2.64. The van der Waals surface area contributed by atoms with Crippen molar-refractivity contribution in [3.8, 4) is 0 Å². The van der Waals surface area contributed by atoms with Crippen molar-refractivity contribution in [1.29, 1.82) is 0 Å². The number of likely N-dealkylation sites (N-methyl/N-ethyl adjacent to an activating group) is 1. The number of hydrogen-bond donors (Lipinski definition) is 0. The van der Waals surface area contributed by atoms with Gasteiger partial charge in [0.2, 0.25) is 0 Å². The second-order valence-corrected chi connectivity index (χ2v) is 4.13. The Hall–Kier alpha value is -1.02. The zero-order valence-electron chi connectivity index (χ0n) is 9.08. The summed E-state index contributed by atoms with van der Waals surface area (Å²) in [4.78, 5) is 2.27. The first-order valence-electron chi connectivity index (χ1n) is 5.07. The van der Waals surface area contributed by atoms with Gasteiger partial charge in [-0.15, -0.1) is 0 Å². The van der Waals surface area contributed by atoms with Gasteiger partial charge in [-0.25, -0.2) is 0 Å². The first-order chi connectivity index (χ1) is 6.66. The Morgan fingerprint density at radius 2 is 2.14 bits per heavy atom. The van der Waals surface area contributed by atoms with Crippen LogP contribution in [0.4, 0.5) is 5.69 Å². The molecule has 76 valence electrons. The molecule has 1 heterocycles. The maximum atomic E-state index is 5.22. The summed E-state index contributed by atoms with van der Waals surface area (Å²) < 4.78 is 5.22. The van der Waals surface area contributed by atoms with Gasteiger partial charge in [0.1, 0.15) is 0 Å². The van der Waals surface area contributed by atoms with Crippen molar-refractivity contribution in [3.63, 3.8) is 0 Å². The van der Waals surface area contributed by atoms with Crippen molar-refractivity contribution in [1.82, 2.24) is 0 Å². The molecule has 0 aromatic heterocycles. The predicted octanol–water partition coefficient (Wildman–Crippen LogP) is 2.14. The summed E-state index contributed by atoms with van der Waals surface area (Å²) in [5.41, 5.74) is 3.97. The second kappa shape index (κ2) is 3.62. The van der Waals surface area contributed by atoms with Crippen LogP contribution in [0, 0.1) is 13.8 Å². The highest BCUT2D eigenvalue weighted by Gasteiger charge is 2.24. The molecule has 2 rings (SSSR count). The molecule has 1 aliphatic rings. The first-order valence-corrected chi connectivity index (χ1v) is 5.07. The highest BCUT2D eigenvalue weighted by atomic mass is 16.6. The van der Waals surface area contributed by atoms with Crippen molar-refractivity contribution < 1.29 is 4.74 Å². The highest BCUT2D eigenvalue weighted by molar-refractivity contribution is 5.53. The first kappa shape index (κ1) is 9.53. The fourth-order valence-electron chi connectivity index (χ4n) is 1.81. The fourth-order valence-corrected chi connectivity index (χ4v) is 1.81. The third kappa shape index (κ3) is 2.07. The van der Waals surface area contributed by atoms with Gasteiger partial charge < -0.3 is 9.64 Å². The highest BCUT2D eigenvalue weighted by Crippen LogP contribution is 2.22. The Balaban J connectivity index is 2.13. The van der Waals surface area contributed by atoms with E-state index in [0.717, 1.165) is 13.2 Å². The third-order valence-corrected chi connectivity index (χ3v) is 2.64. The zero-order chi connectivity index (χ0) is 10.1. The SMILES string of the molecule is Cc1ccc(N(C)CC2CO2)c(C)c1. The molecule has 0 bridgehead atoms. The van der Waals surface area contributed by atoms with Gasteiger partial charge in [-0.3, -0.25) is 0 Å². The summed E-state index contributed by atoms with van der Waals surface area (Å²) in [5.74, 6) is 0. The Morgan fingerprint density at radius 1 is 1.43 bits per heavy atom. The largest absolute Gasteiger partial charge is 0.372 e. The zero-order valence-corrected chi connectivity index (χ0v) is 9.08. The topological polar surface area (TPSA) is 15.8 Å². The van der Waals surface area contributed by atoms with Crippen LogP contribution in [-0.2, 0) is 4.74 Å². The average molecular weight is 191 g/mol. The van der Waals surface area contributed by atoms with E-state index in [1.165, 1.54) is 16.8 Å². The lowest BCUT2D eigenvalue weighted by molar-refractivity contribution is 0.410. The van der Waals surface area contributed by atoms with E-state index in [4.69, 9.17) is 4.74 Å². The minimum Gasteiger partial charge on any atom is -0.372 e. The van der Waals surface area contributed by atoms with E-state index in [0.29, 0.717) is 6.10 Å². The molecule has 1 fully saturated rings. The van der Waals surface area contributed by atoms with E-state index >= 15 is 0 Å². The number of ether oxygens (including phenoxy) is 1. The molecule has 0 N–H and O–H groups in total. The van der Waals surface area contributed by atoms with Gasteiger partial charge >= 0.3 is 0 Å². The lowest BCUT2D eigenvalue weighted by Gasteiger charge is -2.20. The molecule has 0 aliphatic carbocycles. The van der Waals surface area contributed by atoms with Crippen LogP contribution >= 0.6 is 0 Å². The van der Waals surface area contributed by atoms with Crippen molar-refractivity contribution >= 4 is 5.69 Å². The molecule has 1 unspecified atom stereocenters. The van der Waals surface area contributed by atoms with Crippen LogP contribution in [0.5, 0.6) is 0 Å². The minimum atomic E-state index is 0.459. The summed E-state index contributed by atoms with van der Waals surface area (Å²) in [7, 11) is 2.12. The van der Waals surface area contributed by atoms with E-state index in [1.54, 1.807) is 0 Å². The van der Waals surface area contributed by atoms with Crippen molar-refractivity contribution in [2.24, 2.45) is 0 Å². The monoisotopic (exact) mass is 191 g/mol. The van der Waals surface area contributed by atoms with E-state index in [1.807, 2.05) is 0 Å². The standard InChI is InChI=1S/C12H17NO/c1-9-4-5-12(10(2)6-9)13(3)7-11-8-14-11/h4-6,11H,7-8H2,1-3H3. The van der Waals surface area contributed by atoms with Crippen molar-refractivity contribution in [2.45, 2.75) is 20.0 Å². The van der Waals surface area contributed by atoms with Gasteiger partial charge in [0, 0.05) is 19.3 Å². The summed E-state index contributed by atoms with van der Waals surface area (Å²) >= 11 is 0. The molecule has 14 heavy (non-hydrogen) atoms. The maximum Gasteiger partial charge on any atom is 0.0984 e. The van der Waals surface area contributed by atoms with Crippen LogP contribution in [-0.4, -0.2) is 26.3 Å². The molecular formula is C12H17NO. The Bertz CT molecular complexity index is 331. The van der Waals surface area contributed by atoms with Gasteiger partial charge in [-0.1, -0.05) is 17.7 Å². The Morgan fingerprint density at radius 3 is 2.71 bits per heavy atom. The Kier molecular flexibility index (Phi) is 2.46. The summed E-state index contributed by atoms with van der Waals surface area (Å²) in [6.45, 7) is 6.21. The molecule has 0 spiro atoms. The number of epoxide rings is 1. The number of anilines is 1. The summed E-state index contributed by atoms with van der Waals surface area (Å²) in [6, 6.07) is 6.57. The molecule has 1 atom stereocenters. The fraction of sp³-hybridized carbons (Fsp3) is 0.500. The lowest BCUT2D eigenvalue weighted by atomic mass is 10.1. The number of rotatable bonds is 3. The maximum absolute atomic E-state index is 5.22. The van der Waals surface area contributed by atoms with Gasteiger partial charge in [-0.2, -0.15) is 0 Å². The molecule has 0 amide bonds. The van der Waals surface area contributed by atoms with Crippen LogP contribution < -0.4 is 4.90 Å². The number of aryl methyl sites for hydroxylation is 2. The molecule has 1 saturated heterocycles. The molecule has 2 nitrogen and oxygen atoms in total. The normalized spacial score (nSPS) is 19.5. The molecule has 1 aromatic carbocycles. The molecule has 0 saturated carbocycles. The predicted molar refractivity (Wildman–Crippen MR) is 58.9 cm³/mol. The Labute approximate surface area is 85.5 Å². The van der Waals surface area contributed by atoms with E-state index in [2.05, 4.69) is 44.0 Å². The van der Waals surface area contributed by atoms with Crippen LogP contribution in [0.15, 0.2) is 18.2 Å². The van der Waals surface area contributed by atoms with Crippen molar-refractivity contribution in [2.75, 3.05) is 25.1 Å². The van der Waals surface area contributed by atoms with Crippen molar-refractivity contribution in [3.05, 3.63) is 29.3 Å². The van der Waals surface area contributed by atoms with Crippen LogP contribution in [0.1, 0.15) is 11.1 Å². The van der Waals surface area contributed by atoms with Gasteiger partial charge in [0.25, 0.3) is 0 Å². The molecule has 2 heteroatoms. The molecule has 0 radical (unpaired) electrons. The lowest BCUT2D eigenvalue weighted by Crippen LogP contribution is -2.23. The summed E-state index contributed by atoms with van der Waals surface area (Å²) in [6.07, 6.45) is 0.459. The van der Waals surface area contributed by atoms with E-state index in [9.17, 15) is 0 Å². The number of benzene rings is 1.